The molecule has 1 aliphatic heterocycles. The van der Waals surface area contributed by atoms with Crippen molar-refractivity contribution in [2.45, 2.75) is 38.3 Å². The molecule has 3 aliphatic rings. The first kappa shape index (κ1) is 20.2. The normalized spacial score (nSPS) is 22.3. The van der Waals surface area contributed by atoms with Crippen LogP contribution in [0.15, 0.2) is 36.4 Å². The number of methoxy groups -OCH3 is 1. The van der Waals surface area contributed by atoms with Crippen molar-refractivity contribution in [3.05, 3.63) is 63.1 Å². The molecule has 0 radical (unpaired) electrons. The topological polar surface area (TPSA) is 38.8 Å². The number of aryl methyl sites for hydroxylation is 1. The molecule has 2 aliphatic carbocycles. The zero-order valence-electron chi connectivity index (χ0n) is 17.0. The van der Waals surface area contributed by atoms with Crippen molar-refractivity contribution in [1.29, 1.82) is 0 Å². The third kappa shape index (κ3) is 3.49. The SMILES string of the molecule is COC(=O)C1CC2(C1)CN(C1CCc3cc(OCc4c(Cl)cccc4Cl)ccc31)C2. The lowest BCUT2D eigenvalue weighted by molar-refractivity contribution is -0.167. The first-order valence-electron chi connectivity index (χ1n) is 10.5. The maximum Gasteiger partial charge on any atom is 0.308 e. The Morgan fingerprint density at radius 2 is 1.90 bits per heavy atom. The van der Waals surface area contributed by atoms with Gasteiger partial charge in [-0.15, -0.1) is 0 Å². The number of halogens is 2. The van der Waals surface area contributed by atoms with Crippen molar-refractivity contribution >= 4 is 29.2 Å². The number of hydrogen-bond donors (Lipinski definition) is 0. The molecule has 4 nitrogen and oxygen atoms in total. The molecule has 30 heavy (non-hydrogen) atoms. The summed E-state index contributed by atoms with van der Waals surface area (Å²) in [5.74, 6) is 0.917. The Labute approximate surface area is 187 Å². The second kappa shape index (κ2) is 7.74. The third-order valence-electron chi connectivity index (χ3n) is 7.02. The summed E-state index contributed by atoms with van der Waals surface area (Å²) in [5.41, 5.74) is 3.94. The van der Waals surface area contributed by atoms with E-state index in [1.807, 2.05) is 24.3 Å². The maximum absolute atomic E-state index is 11.7. The second-order valence-corrected chi connectivity index (χ2v) is 9.75. The summed E-state index contributed by atoms with van der Waals surface area (Å²) < 4.78 is 10.9. The summed E-state index contributed by atoms with van der Waals surface area (Å²) in [6.45, 7) is 2.54. The van der Waals surface area contributed by atoms with Crippen LogP contribution in [0.3, 0.4) is 0 Å². The molecular weight excluding hydrogens is 421 g/mol. The van der Waals surface area contributed by atoms with Gasteiger partial charge in [0.05, 0.1) is 13.0 Å². The molecular formula is C24H25Cl2NO3. The fourth-order valence-corrected chi connectivity index (χ4v) is 5.99. The number of carbonyl (C=O) groups excluding carboxylic acids is 1. The number of esters is 1. The van der Waals surface area contributed by atoms with Gasteiger partial charge in [0.15, 0.2) is 0 Å². The average Bonchev–Trinajstić information content (AvgIpc) is 3.08. The number of fused-ring (bicyclic) bond motifs is 1. The van der Waals surface area contributed by atoms with Crippen LogP contribution in [0.25, 0.3) is 0 Å². The molecule has 5 rings (SSSR count). The highest BCUT2D eigenvalue weighted by Crippen LogP contribution is 2.55. The van der Waals surface area contributed by atoms with Gasteiger partial charge >= 0.3 is 5.97 Å². The van der Waals surface area contributed by atoms with Gasteiger partial charge in [-0.1, -0.05) is 35.3 Å². The van der Waals surface area contributed by atoms with Gasteiger partial charge in [0.25, 0.3) is 0 Å². The van der Waals surface area contributed by atoms with Gasteiger partial charge in [0, 0.05) is 34.7 Å². The zero-order valence-corrected chi connectivity index (χ0v) is 18.5. The molecule has 1 atom stereocenters. The number of benzene rings is 2. The Hall–Kier alpha value is -1.75. The van der Waals surface area contributed by atoms with Gasteiger partial charge < -0.3 is 9.47 Å². The van der Waals surface area contributed by atoms with Gasteiger partial charge in [0.1, 0.15) is 12.4 Å². The van der Waals surface area contributed by atoms with Crippen LogP contribution in [0.4, 0.5) is 0 Å². The van der Waals surface area contributed by atoms with Crippen LogP contribution >= 0.6 is 23.2 Å². The maximum atomic E-state index is 11.7. The third-order valence-corrected chi connectivity index (χ3v) is 7.72. The highest BCUT2D eigenvalue weighted by Gasteiger charge is 2.56. The van der Waals surface area contributed by atoms with Crippen molar-refractivity contribution in [3.63, 3.8) is 0 Å². The fourth-order valence-electron chi connectivity index (χ4n) is 5.48. The molecule has 0 aromatic heterocycles. The highest BCUT2D eigenvalue weighted by atomic mass is 35.5. The smallest absolute Gasteiger partial charge is 0.308 e. The largest absolute Gasteiger partial charge is 0.489 e. The van der Waals surface area contributed by atoms with E-state index in [1.165, 1.54) is 18.2 Å². The van der Waals surface area contributed by atoms with Gasteiger partial charge in [0.2, 0.25) is 0 Å². The molecule has 6 heteroatoms. The Balaban J connectivity index is 1.20. The van der Waals surface area contributed by atoms with Gasteiger partial charge in [-0.25, -0.2) is 0 Å². The monoisotopic (exact) mass is 445 g/mol. The van der Waals surface area contributed by atoms with E-state index in [4.69, 9.17) is 32.7 Å². The van der Waals surface area contributed by atoms with E-state index in [1.54, 1.807) is 0 Å². The minimum atomic E-state index is -0.0455. The first-order chi connectivity index (χ1) is 14.5. The summed E-state index contributed by atoms with van der Waals surface area (Å²) in [4.78, 5) is 14.2. The van der Waals surface area contributed by atoms with Gasteiger partial charge in [-0.2, -0.15) is 0 Å². The van der Waals surface area contributed by atoms with Crippen molar-refractivity contribution in [3.8, 4) is 5.75 Å². The summed E-state index contributed by atoms with van der Waals surface area (Å²) >= 11 is 12.5. The molecule has 0 N–H and O–H groups in total. The molecule has 1 heterocycles. The fraction of sp³-hybridized carbons (Fsp3) is 0.458. The van der Waals surface area contributed by atoms with Crippen LogP contribution in [0.1, 0.15) is 42.0 Å². The number of likely N-dealkylation sites (tertiary alicyclic amines) is 1. The molecule has 1 saturated heterocycles. The van der Waals surface area contributed by atoms with Gasteiger partial charge in [-0.05, 0) is 66.5 Å². The number of nitrogens with zero attached hydrogens (tertiary/aromatic N) is 1. The zero-order chi connectivity index (χ0) is 20.9. The first-order valence-corrected chi connectivity index (χ1v) is 11.2. The molecule has 1 unspecified atom stereocenters. The molecule has 2 aromatic carbocycles. The van der Waals surface area contributed by atoms with Crippen molar-refractivity contribution in [1.82, 2.24) is 4.90 Å². The van der Waals surface area contributed by atoms with Crippen LogP contribution in [-0.2, 0) is 22.6 Å². The van der Waals surface area contributed by atoms with E-state index in [-0.39, 0.29) is 11.9 Å². The minimum Gasteiger partial charge on any atom is -0.489 e. The summed E-state index contributed by atoms with van der Waals surface area (Å²) in [5, 5.41) is 1.25. The van der Waals surface area contributed by atoms with E-state index >= 15 is 0 Å². The Morgan fingerprint density at radius 3 is 2.60 bits per heavy atom. The second-order valence-electron chi connectivity index (χ2n) is 8.94. The predicted octanol–water partition coefficient (Wildman–Crippen LogP) is 5.44. The van der Waals surface area contributed by atoms with Gasteiger partial charge in [-0.3, -0.25) is 9.69 Å². The molecule has 1 spiro atoms. The van der Waals surface area contributed by atoms with Crippen LogP contribution in [0, 0.1) is 11.3 Å². The molecule has 2 fully saturated rings. The van der Waals surface area contributed by atoms with Crippen LogP contribution < -0.4 is 4.74 Å². The Morgan fingerprint density at radius 1 is 1.17 bits per heavy atom. The van der Waals surface area contributed by atoms with Crippen LogP contribution in [-0.4, -0.2) is 31.1 Å². The van der Waals surface area contributed by atoms with Crippen molar-refractivity contribution < 1.29 is 14.3 Å². The predicted molar refractivity (Wildman–Crippen MR) is 117 cm³/mol. The molecule has 2 aromatic rings. The quantitative estimate of drug-likeness (QED) is 0.573. The standard InChI is InChI=1S/C24H25Cl2NO3/c1-29-23(28)16-10-24(11-16)13-27(14-24)22-8-5-15-9-17(6-7-18(15)22)30-12-19-20(25)3-2-4-21(19)26/h2-4,6-7,9,16,22H,5,8,10-14H2,1H3. The Kier molecular flexibility index (Phi) is 5.20. The number of hydrogen-bond acceptors (Lipinski definition) is 4. The summed E-state index contributed by atoms with van der Waals surface area (Å²) in [6.07, 6.45) is 4.17. The van der Waals surface area contributed by atoms with E-state index in [0.717, 1.165) is 50.1 Å². The lowest BCUT2D eigenvalue weighted by Gasteiger charge is -2.60. The van der Waals surface area contributed by atoms with E-state index in [9.17, 15) is 4.79 Å². The summed E-state index contributed by atoms with van der Waals surface area (Å²) in [6, 6.07) is 12.4. The molecule has 0 bridgehead atoms. The summed E-state index contributed by atoms with van der Waals surface area (Å²) in [7, 11) is 1.48. The molecule has 1 saturated carbocycles. The highest BCUT2D eigenvalue weighted by molar-refractivity contribution is 6.35. The number of carbonyl (C=O) groups is 1. The van der Waals surface area contributed by atoms with Crippen molar-refractivity contribution in [2.75, 3.05) is 20.2 Å². The molecule has 0 amide bonds. The average molecular weight is 446 g/mol. The van der Waals surface area contributed by atoms with E-state index < -0.39 is 0 Å². The Bertz CT molecular complexity index is 958. The van der Waals surface area contributed by atoms with E-state index in [2.05, 4.69) is 17.0 Å². The lowest BCUT2D eigenvalue weighted by atomic mass is 9.57. The van der Waals surface area contributed by atoms with Crippen LogP contribution in [0.2, 0.25) is 10.0 Å². The molecule has 158 valence electrons. The van der Waals surface area contributed by atoms with E-state index in [0.29, 0.717) is 28.1 Å². The lowest BCUT2D eigenvalue weighted by Crippen LogP contribution is -2.63. The van der Waals surface area contributed by atoms with Crippen molar-refractivity contribution in [2.24, 2.45) is 11.3 Å². The minimum absolute atomic E-state index is 0.0455. The number of rotatable bonds is 5. The van der Waals surface area contributed by atoms with Crippen LogP contribution in [0.5, 0.6) is 5.75 Å². The number of ether oxygens (including phenoxy) is 2.